The lowest BCUT2D eigenvalue weighted by Gasteiger charge is -2.01. The van der Waals surface area contributed by atoms with E-state index in [-0.39, 0.29) is 0 Å². The van der Waals surface area contributed by atoms with Gasteiger partial charge in [0.1, 0.15) is 0 Å². The number of thioether (sulfide) groups is 1. The minimum absolute atomic E-state index is 1.22. The van der Waals surface area contributed by atoms with Crippen molar-refractivity contribution in [3.63, 3.8) is 0 Å². The quantitative estimate of drug-likeness (QED) is 0.559. The molecule has 1 aliphatic rings. The van der Waals surface area contributed by atoms with Gasteiger partial charge >= 0.3 is 0 Å². The molecule has 0 unspecified atom stereocenters. The maximum Gasteiger partial charge on any atom is 0.0182 e. The molecule has 0 spiro atoms. The molecule has 9 heavy (non-hydrogen) atoms. The van der Waals surface area contributed by atoms with Gasteiger partial charge in [-0.25, -0.2) is 0 Å². The van der Waals surface area contributed by atoms with Gasteiger partial charge in [0.25, 0.3) is 0 Å². The molecule has 0 fully saturated rings. The Morgan fingerprint density at radius 2 is 2.11 bits per heavy atom. The van der Waals surface area contributed by atoms with Gasteiger partial charge in [-0.05, 0) is 17.7 Å². The second kappa shape index (κ2) is 5.76. The van der Waals surface area contributed by atoms with Crippen LogP contribution in [0.25, 0.3) is 0 Å². The van der Waals surface area contributed by atoms with Crippen LogP contribution in [0.3, 0.4) is 0 Å². The zero-order valence-electron chi connectivity index (χ0n) is 6.14. The molecule has 1 rings (SSSR count). The average Bonchev–Trinajstić information content (AvgIpc) is 1.94. The number of nitrogens with one attached hydrogen (secondary N) is 1. The summed E-state index contributed by atoms with van der Waals surface area (Å²) in [4.78, 5) is 0. The van der Waals surface area contributed by atoms with E-state index in [1.54, 1.807) is 11.8 Å². The Labute approximate surface area is 61.2 Å². The fourth-order valence-electron chi connectivity index (χ4n) is 0.380. The van der Waals surface area contributed by atoms with E-state index in [2.05, 4.69) is 10.7 Å². The molecular formula is C7H13NS. The van der Waals surface area contributed by atoms with Gasteiger partial charge in [0, 0.05) is 11.9 Å². The molecule has 0 saturated heterocycles. The summed E-state index contributed by atoms with van der Waals surface area (Å²) in [5.74, 6) is 0. The first kappa shape index (κ1) is 8.63. The minimum atomic E-state index is 1.22. The molecule has 0 saturated carbocycles. The smallest absolute Gasteiger partial charge is 0.0182 e. The van der Waals surface area contributed by atoms with Gasteiger partial charge in [0.15, 0.2) is 0 Å². The van der Waals surface area contributed by atoms with Gasteiger partial charge in [0.2, 0.25) is 0 Å². The summed E-state index contributed by atoms with van der Waals surface area (Å²) in [6, 6.07) is 0. The molecule has 0 atom stereocenters. The van der Waals surface area contributed by atoms with Crippen molar-refractivity contribution in [1.82, 2.24) is 5.32 Å². The molecule has 0 aliphatic carbocycles. The molecule has 1 heterocycles. The molecule has 0 aromatic carbocycles. The van der Waals surface area contributed by atoms with Crippen LogP contribution >= 0.6 is 11.8 Å². The third-order valence-electron chi connectivity index (χ3n) is 0.702. The number of allylic oxidation sites excluding steroid dienone is 1. The monoisotopic (exact) mass is 143 g/mol. The maximum absolute atomic E-state index is 3.04. The normalized spacial score (nSPS) is 14.8. The fraction of sp³-hybridized carbons (Fsp3) is 0.429. The molecule has 0 radical (unpaired) electrons. The molecule has 2 heteroatoms. The van der Waals surface area contributed by atoms with Crippen molar-refractivity contribution in [2.24, 2.45) is 0 Å². The van der Waals surface area contributed by atoms with E-state index in [4.69, 9.17) is 0 Å². The van der Waals surface area contributed by atoms with Crippen molar-refractivity contribution in [2.45, 2.75) is 20.8 Å². The first-order chi connectivity index (χ1) is 4.39. The summed E-state index contributed by atoms with van der Waals surface area (Å²) in [7, 11) is 0. The van der Waals surface area contributed by atoms with Crippen LogP contribution in [0.4, 0.5) is 0 Å². The molecule has 0 aromatic heterocycles. The highest BCUT2D eigenvalue weighted by Gasteiger charge is 1.85. The maximum atomic E-state index is 3.04. The molecule has 52 valence electrons. The molecule has 1 aliphatic heterocycles. The average molecular weight is 143 g/mol. The Morgan fingerprint density at radius 3 is 2.33 bits per heavy atom. The van der Waals surface area contributed by atoms with Gasteiger partial charge in [-0.3, -0.25) is 0 Å². The molecule has 0 aromatic rings. The SMILES string of the molecule is CC.CC1=CSC=CN1. The predicted octanol–water partition coefficient (Wildman–Crippen LogP) is 2.68. The van der Waals surface area contributed by atoms with Gasteiger partial charge in [-0.15, -0.1) is 11.8 Å². The highest BCUT2D eigenvalue weighted by Crippen LogP contribution is 2.09. The van der Waals surface area contributed by atoms with E-state index in [1.807, 2.05) is 32.4 Å². The largest absolute Gasteiger partial charge is 0.364 e. The standard InChI is InChI=1S/C5H7NS.C2H6/c1-5-4-7-3-2-6-5;1-2/h2-4,6H,1H3;1-2H3. The van der Waals surface area contributed by atoms with Crippen LogP contribution in [-0.2, 0) is 0 Å². The van der Waals surface area contributed by atoms with Crippen molar-refractivity contribution in [2.75, 3.05) is 0 Å². The molecular weight excluding hydrogens is 130 g/mol. The van der Waals surface area contributed by atoms with Gasteiger partial charge in [-0.1, -0.05) is 13.8 Å². The first-order valence-electron chi connectivity index (χ1n) is 3.13. The highest BCUT2D eigenvalue weighted by molar-refractivity contribution is 8.04. The topological polar surface area (TPSA) is 12.0 Å². The van der Waals surface area contributed by atoms with E-state index in [0.29, 0.717) is 0 Å². The third kappa shape index (κ3) is 4.15. The Morgan fingerprint density at radius 1 is 1.44 bits per heavy atom. The van der Waals surface area contributed by atoms with E-state index in [1.165, 1.54) is 5.70 Å². The third-order valence-corrected chi connectivity index (χ3v) is 1.49. The summed E-state index contributed by atoms with van der Waals surface area (Å²) >= 11 is 1.70. The van der Waals surface area contributed by atoms with Crippen LogP contribution in [0.5, 0.6) is 0 Å². The second-order valence-corrected chi connectivity index (χ2v) is 2.16. The van der Waals surface area contributed by atoms with Crippen LogP contribution < -0.4 is 5.32 Å². The van der Waals surface area contributed by atoms with E-state index in [9.17, 15) is 0 Å². The molecule has 1 N–H and O–H groups in total. The van der Waals surface area contributed by atoms with E-state index >= 15 is 0 Å². The van der Waals surface area contributed by atoms with Crippen LogP contribution in [0.2, 0.25) is 0 Å². The van der Waals surface area contributed by atoms with Crippen molar-refractivity contribution in [3.05, 3.63) is 22.7 Å². The van der Waals surface area contributed by atoms with E-state index in [0.717, 1.165) is 0 Å². The van der Waals surface area contributed by atoms with Crippen LogP contribution in [-0.4, -0.2) is 0 Å². The van der Waals surface area contributed by atoms with Crippen molar-refractivity contribution < 1.29 is 0 Å². The zero-order chi connectivity index (χ0) is 7.11. The number of rotatable bonds is 0. The van der Waals surface area contributed by atoms with E-state index < -0.39 is 0 Å². The van der Waals surface area contributed by atoms with Gasteiger partial charge < -0.3 is 5.32 Å². The van der Waals surface area contributed by atoms with Crippen molar-refractivity contribution in [3.8, 4) is 0 Å². The minimum Gasteiger partial charge on any atom is -0.364 e. The molecule has 0 amide bonds. The number of hydrogen-bond acceptors (Lipinski definition) is 2. The summed E-state index contributed by atoms with van der Waals surface area (Å²) in [6.07, 6.45) is 1.93. The summed E-state index contributed by atoms with van der Waals surface area (Å²) in [5.41, 5.74) is 1.22. The Balaban J connectivity index is 0.000000291. The Bertz CT molecular complexity index is 116. The predicted molar refractivity (Wildman–Crippen MR) is 45.0 cm³/mol. The first-order valence-corrected chi connectivity index (χ1v) is 4.07. The lowest BCUT2D eigenvalue weighted by molar-refractivity contribution is 1.07. The Hall–Kier alpha value is -0.370. The lowest BCUT2D eigenvalue weighted by Crippen LogP contribution is -2.01. The summed E-state index contributed by atoms with van der Waals surface area (Å²) in [5, 5.41) is 7.12. The van der Waals surface area contributed by atoms with Crippen LogP contribution in [0.1, 0.15) is 20.8 Å². The summed E-state index contributed by atoms with van der Waals surface area (Å²) in [6.45, 7) is 6.04. The molecule has 0 bridgehead atoms. The summed E-state index contributed by atoms with van der Waals surface area (Å²) < 4.78 is 0. The number of hydrogen-bond donors (Lipinski definition) is 1. The second-order valence-electron chi connectivity index (χ2n) is 1.38. The van der Waals surface area contributed by atoms with Crippen molar-refractivity contribution >= 4 is 11.8 Å². The Kier molecular flexibility index (Phi) is 5.52. The fourth-order valence-corrected chi connectivity index (χ4v) is 0.877. The highest BCUT2D eigenvalue weighted by atomic mass is 32.2. The zero-order valence-corrected chi connectivity index (χ0v) is 6.96. The van der Waals surface area contributed by atoms with Gasteiger partial charge in [0.05, 0.1) is 0 Å². The van der Waals surface area contributed by atoms with Crippen LogP contribution in [0.15, 0.2) is 22.7 Å². The van der Waals surface area contributed by atoms with Gasteiger partial charge in [-0.2, -0.15) is 0 Å². The van der Waals surface area contributed by atoms with Crippen molar-refractivity contribution in [1.29, 1.82) is 0 Å². The van der Waals surface area contributed by atoms with Crippen LogP contribution in [0, 0.1) is 0 Å². The molecule has 1 nitrogen and oxygen atoms in total. The lowest BCUT2D eigenvalue weighted by atomic mass is 10.6.